The number of carbonyl (C=O) groups is 1. The van der Waals surface area contributed by atoms with Gasteiger partial charge in [-0.1, -0.05) is 36.8 Å². The number of carbonyl (C=O) groups excluding carboxylic acids is 1. The lowest BCUT2D eigenvalue weighted by Gasteiger charge is -2.33. The van der Waals surface area contributed by atoms with E-state index in [9.17, 15) is 13.2 Å². The molecule has 1 heterocycles. The monoisotopic (exact) mass is 414 g/mol. The van der Waals surface area contributed by atoms with Crippen molar-refractivity contribution in [1.82, 2.24) is 4.90 Å². The Kier molecular flexibility index (Phi) is 6.32. The summed E-state index contributed by atoms with van der Waals surface area (Å²) in [5, 5.41) is 0. The molecule has 2 aromatic rings. The Balaban J connectivity index is 2.01. The lowest BCUT2D eigenvalue weighted by Crippen LogP contribution is -2.46. The second-order valence-corrected chi connectivity index (χ2v) is 10.1. The Bertz CT molecular complexity index is 984. The van der Waals surface area contributed by atoms with Gasteiger partial charge >= 0.3 is 0 Å². The van der Waals surface area contributed by atoms with E-state index in [0.717, 1.165) is 29.5 Å². The maximum Gasteiger partial charge on any atom is 0.264 e. The number of benzene rings is 2. The average Bonchev–Trinajstić information content (AvgIpc) is 2.68. The zero-order chi connectivity index (χ0) is 21.2. The summed E-state index contributed by atoms with van der Waals surface area (Å²) in [6.45, 7) is 9.03. The Labute approximate surface area is 174 Å². The van der Waals surface area contributed by atoms with Gasteiger partial charge in [0, 0.05) is 13.1 Å². The first-order valence-electron chi connectivity index (χ1n) is 10.1. The van der Waals surface area contributed by atoms with Crippen molar-refractivity contribution in [1.29, 1.82) is 0 Å². The molecule has 0 aromatic heterocycles. The van der Waals surface area contributed by atoms with Gasteiger partial charge in [0.1, 0.15) is 6.54 Å². The molecular weight excluding hydrogens is 384 g/mol. The molecule has 0 aliphatic carbocycles. The van der Waals surface area contributed by atoms with Crippen LogP contribution in [0.2, 0.25) is 0 Å². The first-order chi connectivity index (χ1) is 13.7. The number of nitrogens with zero attached hydrogens (tertiary/aromatic N) is 2. The molecule has 1 amide bonds. The highest BCUT2D eigenvalue weighted by Gasteiger charge is 2.31. The van der Waals surface area contributed by atoms with Crippen LogP contribution in [0.15, 0.2) is 47.4 Å². The first kappa shape index (κ1) is 21.4. The van der Waals surface area contributed by atoms with Crippen LogP contribution in [-0.2, 0) is 14.8 Å². The fraction of sp³-hybridized carbons (Fsp3) is 0.435. The van der Waals surface area contributed by atoms with Crippen LogP contribution in [0, 0.1) is 26.7 Å². The third kappa shape index (κ3) is 4.81. The maximum atomic E-state index is 13.5. The number of hydrogen-bond donors (Lipinski definition) is 0. The quantitative estimate of drug-likeness (QED) is 0.741. The number of aryl methyl sites for hydroxylation is 3. The zero-order valence-electron chi connectivity index (χ0n) is 17.7. The molecule has 1 saturated heterocycles. The van der Waals surface area contributed by atoms with E-state index >= 15 is 0 Å². The van der Waals surface area contributed by atoms with E-state index in [-0.39, 0.29) is 17.3 Å². The molecule has 1 atom stereocenters. The molecule has 156 valence electrons. The van der Waals surface area contributed by atoms with Crippen molar-refractivity contribution in [2.45, 2.75) is 45.4 Å². The Morgan fingerprint density at radius 2 is 1.72 bits per heavy atom. The molecule has 29 heavy (non-hydrogen) atoms. The van der Waals surface area contributed by atoms with Gasteiger partial charge in [-0.3, -0.25) is 9.10 Å². The molecule has 1 aliphatic rings. The summed E-state index contributed by atoms with van der Waals surface area (Å²) in [5.74, 6) is 0.295. The molecule has 3 rings (SSSR count). The highest BCUT2D eigenvalue weighted by atomic mass is 32.2. The molecular formula is C23H30N2O3S. The van der Waals surface area contributed by atoms with Crippen LogP contribution in [0.4, 0.5) is 5.69 Å². The molecule has 0 spiro atoms. The normalized spacial score (nSPS) is 17.2. The number of likely N-dealkylation sites (tertiary alicyclic amines) is 1. The molecule has 0 saturated carbocycles. The van der Waals surface area contributed by atoms with Gasteiger partial charge in [0.2, 0.25) is 5.91 Å². The number of rotatable bonds is 5. The molecule has 0 bridgehead atoms. The first-order valence-corrected chi connectivity index (χ1v) is 11.6. The summed E-state index contributed by atoms with van der Waals surface area (Å²) in [6, 6.07) is 12.5. The van der Waals surface area contributed by atoms with Crippen molar-refractivity contribution < 1.29 is 13.2 Å². The van der Waals surface area contributed by atoms with Crippen molar-refractivity contribution in [2.75, 3.05) is 23.9 Å². The van der Waals surface area contributed by atoms with Crippen LogP contribution in [0.5, 0.6) is 0 Å². The highest BCUT2D eigenvalue weighted by Crippen LogP contribution is 2.28. The second kappa shape index (κ2) is 8.57. The lowest BCUT2D eigenvalue weighted by atomic mass is 10.0. The van der Waals surface area contributed by atoms with Gasteiger partial charge < -0.3 is 4.90 Å². The van der Waals surface area contributed by atoms with Crippen molar-refractivity contribution in [3.8, 4) is 0 Å². The van der Waals surface area contributed by atoms with E-state index in [2.05, 4.69) is 6.92 Å². The topological polar surface area (TPSA) is 57.7 Å². The van der Waals surface area contributed by atoms with Gasteiger partial charge in [-0.15, -0.1) is 0 Å². The number of amides is 1. The fourth-order valence-electron chi connectivity index (χ4n) is 3.76. The number of anilines is 1. The third-order valence-electron chi connectivity index (χ3n) is 5.53. The van der Waals surface area contributed by atoms with Crippen molar-refractivity contribution in [2.24, 2.45) is 5.92 Å². The fourth-order valence-corrected chi connectivity index (χ4v) is 5.23. The second-order valence-electron chi connectivity index (χ2n) is 8.20. The van der Waals surface area contributed by atoms with Crippen LogP contribution in [0.1, 0.15) is 36.5 Å². The molecule has 5 nitrogen and oxygen atoms in total. The number of sulfonamides is 1. The van der Waals surface area contributed by atoms with Crippen LogP contribution in [0.3, 0.4) is 0 Å². The smallest absolute Gasteiger partial charge is 0.264 e. The van der Waals surface area contributed by atoms with Crippen LogP contribution in [0.25, 0.3) is 0 Å². The minimum atomic E-state index is -3.87. The molecule has 1 fully saturated rings. The van der Waals surface area contributed by atoms with Gasteiger partial charge in [0.05, 0.1) is 10.6 Å². The molecule has 2 aromatic carbocycles. The Morgan fingerprint density at radius 1 is 1.07 bits per heavy atom. The molecule has 0 unspecified atom stereocenters. The van der Waals surface area contributed by atoms with Gasteiger partial charge in [0.25, 0.3) is 10.0 Å². The van der Waals surface area contributed by atoms with Gasteiger partial charge in [-0.2, -0.15) is 0 Å². The van der Waals surface area contributed by atoms with Crippen LogP contribution in [-0.4, -0.2) is 38.9 Å². The number of piperidine rings is 1. The SMILES string of the molecule is Cc1ccc(S(=O)(=O)N(CC(=O)N2CCC[C@@H](C)C2)c2cc(C)ccc2C)cc1. The predicted octanol–water partition coefficient (Wildman–Crippen LogP) is 4.07. The van der Waals surface area contributed by atoms with Gasteiger partial charge in [0.15, 0.2) is 0 Å². The minimum Gasteiger partial charge on any atom is -0.341 e. The largest absolute Gasteiger partial charge is 0.341 e. The highest BCUT2D eigenvalue weighted by molar-refractivity contribution is 7.92. The third-order valence-corrected chi connectivity index (χ3v) is 7.30. The van der Waals surface area contributed by atoms with Crippen molar-refractivity contribution in [3.63, 3.8) is 0 Å². The zero-order valence-corrected chi connectivity index (χ0v) is 18.5. The van der Waals surface area contributed by atoms with Gasteiger partial charge in [-0.05, 0) is 68.9 Å². The summed E-state index contributed by atoms with van der Waals surface area (Å²) in [6.07, 6.45) is 2.06. The summed E-state index contributed by atoms with van der Waals surface area (Å²) in [7, 11) is -3.87. The van der Waals surface area contributed by atoms with Crippen molar-refractivity contribution >= 4 is 21.6 Å². The Hall–Kier alpha value is -2.34. The summed E-state index contributed by atoms with van der Waals surface area (Å²) in [5.41, 5.74) is 3.32. The average molecular weight is 415 g/mol. The van der Waals surface area contributed by atoms with E-state index in [1.807, 2.05) is 39.0 Å². The molecule has 6 heteroatoms. The maximum absolute atomic E-state index is 13.5. The minimum absolute atomic E-state index is 0.145. The number of hydrogen-bond acceptors (Lipinski definition) is 3. The van der Waals surface area contributed by atoms with E-state index in [1.54, 1.807) is 29.2 Å². The van der Waals surface area contributed by atoms with E-state index in [1.165, 1.54) is 4.31 Å². The Morgan fingerprint density at radius 3 is 2.38 bits per heavy atom. The van der Waals surface area contributed by atoms with Gasteiger partial charge in [-0.25, -0.2) is 8.42 Å². The molecule has 0 radical (unpaired) electrons. The predicted molar refractivity (Wildman–Crippen MR) is 117 cm³/mol. The van der Waals surface area contributed by atoms with Crippen molar-refractivity contribution in [3.05, 3.63) is 59.2 Å². The summed E-state index contributed by atoms with van der Waals surface area (Å²) in [4.78, 5) is 15.1. The molecule has 0 N–H and O–H groups in total. The summed E-state index contributed by atoms with van der Waals surface area (Å²) >= 11 is 0. The van der Waals surface area contributed by atoms with E-state index < -0.39 is 10.0 Å². The molecule has 1 aliphatic heterocycles. The lowest BCUT2D eigenvalue weighted by molar-refractivity contribution is -0.131. The standard InChI is InChI=1S/C23H30N2O3S/c1-17-8-11-21(12-9-17)29(27,28)25(22-14-18(2)7-10-20(22)4)16-23(26)24-13-5-6-19(3)15-24/h7-12,14,19H,5-6,13,15-16H2,1-4H3/t19-/m1/s1. The van der Waals surface area contributed by atoms with E-state index in [0.29, 0.717) is 24.7 Å². The van der Waals surface area contributed by atoms with Crippen LogP contribution < -0.4 is 4.31 Å². The van der Waals surface area contributed by atoms with E-state index in [4.69, 9.17) is 0 Å². The van der Waals surface area contributed by atoms with Crippen LogP contribution >= 0.6 is 0 Å². The summed E-state index contributed by atoms with van der Waals surface area (Å²) < 4.78 is 28.4.